The van der Waals surface area contributed by atoms with E-state index in [1.807, 2.05) is 6.92 Å². The number of aliphatic hydroxyl groups excluding tert-OH is 1. The molecule has 23 heteroatoms. The number of hydrogen-bond acceptors (Lipinski definition) is 14. The molecule has 0 unspecified atom stereocenters. The molecule has 3 aromatic carbocycles. The summed E-state index contributed by atoms with van der Waals surface area (Å²) in [5, 5.41) is 9.50. The fourth-order valence-corrected chi connectivity index (χ4v) is 11.9. The van der Waals surface area contributed by atoms with Gasteiger partial charge in [-0.05, 0) is 89.5 Å². The monoisotopic (exact) mass is 1240 g/mol. The maximum absolute atomic E-state index is 15.3. The number of cyclic esters (lactones) is 1. The van der Waals surface area contributed by atoms with Gasteiger partial charge in [0, 0.05) is 43.6 Å². The smallest absolute Gasteiger partial charge is 0.432 e. The highest BCUT2D eigenvalue weighted by molar-refractivity contribution is 5.90. The van der Waals surface area contributed by atoms with Gasteiger partial charge in [-0.1, -0.05) is 156 Å². The number of carbonyl (C=O) groups excluding carboxylic acids is 4. The first-order chi connectivity index (χ1) is 41.4. The molecule has 3 aliphatic heterocycles. The highest BCUT2D eigenvalue weighted by Gasteiger charge is 2.67. The zero-order valence-electron chi connectivity index (χ0n) is 49.6. The number of alkyl halides is 9. The molecule has 3 aromatic rings. The molecule has 0 spiro atoms. The van der Waals surface area contributed by atoms with Crippen molar-refractivity contribution in [3.8, 4) is 0 Å². The van der Waals surface area contributed by atoms with Crippen LogP contribution < -0.4 is 0 Å². The number of esters is 4. The molecule has 2 fully saturated rings. The molecule has 0 aliphatic carbocycles. The third kappa shape index (κ3) is 17.2. The quantitative estimate of drug-likeness (QED) is 0.0255. The van der Waals surface area contributed by atoms with Crippen molar-refractivity contribution in [2.24, 2.45) is 0 Å². The lowest BCUT2D eigenvalue weighted by atomic mass is 9.92. The van der Waals surface area contributed by atoms with E-state index in [-0.39, 0.29) is 57.8 Å². The van der Waals surface area contributed by atoms with Crippen LogP contribution in [0.4, 0.5) is 39.5 Å². The number of benzene rings is 3. The van der Waals surface area contributed by atoms with E-state index < -0.39 is 125 Å². The standard InChI is InChI=1S/C64H81F9O14/c1-5-6-7-24-34-47(82-56(76)59(79-2,62(65,66)67)44-28-18-14-19-29-44)35-26-37-49(86-58(78)61(81-4,64(71,72)73)46-32-22-16-23-33-46)51-39-41-53(84-51)52-40-38-50(83-52)48(85-57(77)60(80-3,63(68,69)70)45-30-20-15-21-31-45)36-25-13-11-9-8-10-12-17-27-43-42-54(74)87-55(43)75/h14-16,18-23,28-33,42,47-54,74H,5-13,17,24-27,34-41H2,1-4H3/t47-,48+,49-,50+,51+,52+,53+,54+,59+,60+,61+/m0/s1. The molecule has 3 heterocycles. The second-order valence-corrected chi connectivity index (χ2v) is 22.4. The van der Waals surface area contributed by atoms with Crippen molar-refractivity contribution in [2.45, 2.75) is 233 Å². The fraction of sp³-hybridized carbons (Fsp3) is 0.625. The molecule has 0 bridgehead atoms. The first-order valence-electron chi connectivity index (χ1n) is 30.0. The van der Waals surface area contributed by atoms with Gasteiger partial charge in [-0.25, -0.2) is 19.2 Å². The average molecular weight is 1250 g/mol. The molecule has 0 radical (unpaired) electrons. The molecular weight excluding hydrogens is 1160 g/mol. The second kappa shape index (κ2) is 32.2. The van der Waals surface area contributed by atoms with Crippen LogP contribution in [0.3, 0.4) is 0 Å². The van der Waals surface area contributed by atoms with Crippen molar-refractivity contribution in [1.29, 1.82) is 0 Å². The molecule has 87 heavy (non-hydrogen) atoms. The van der Waals surface area contributed by atoms with E-state index in [1.54, 1.807) is 0 Å². The second-order valence-electron chi connectivity index (χ2n) is 22.4. The highest BCUT2D eigenvalue weighted by Crippen LogP contribution is 2.47. The summed E-state index contributed by atoms with van der Waals surface area (Å²) in [6.07, 6.45) is -13.6. The Morgan fingerprint density at radius 3 is 1.23 bits per heavy atom. The van der Waals surface area contributed by atoms with Gasteiger partial charge < -0.3 is 47.7 Å². The minimum absolute atomic E-state index is 0.0633. The number of methoxy groups -OCH3 is 3. The van der Waals surface area contributed by atoms with Crippen molar-refractivity contribution in [2.75, 3.05) is 21.3 Å². The maximum Gasteiger partial charge on any atom is 0.432 e. The number of carbonyl (C=O) groups is 4. The van der Waals surface area contributed by atoms with Crippen LogP contribution in [0.15, 0.2) is 103 Å². The molecule has 6 rings (SSSR count). The molecule has 1 N–H and O–H groups in total. The third-order valence-electron chi connectivity index (χ3n) is 16.6. The van der Waals surface area contributed by atoms with Gasteiger partial charge in [-0.2, -0.15) is 39.5 Å². The molecule has 484 valence electrons. The molecule has 0 saturated carbocycles. The summed E-state index contributed by atoms with van der Waals surface area (Å²) in [4.78, 5) is 54.1. The number of aliphatic hydroxyl groups is 1. The summed E-state index contributed by atoms with van der Waals surface area (Å²) in [5.74, 6) is -5.78. The van der Waals surface area contributed by atoms with Crippen LogP contribution in [0.1, 0.15) is 165 Å². The minimum atomic E-state index is -5.37. The third-order valence-corrected chi connectivity index (χ3v) is 16.6. The zero-order valence-corrected chi connectivity index (χ0v) is 49.6. The number of halogens is 9. The Kier molecular flexibility index (Phi) is 26.1. The van der Waals surface area contributed by atoms with Crippen LogP contribution in [-0.2, 0) is 78.6 Å². The lowest BCUT2D eigenvalue weighted by Crippen LogP contribution is -2.53. The van der Waals surface area contributed by atoms with Crippen LogP contribution in [0, 0.1) is 0 Å². The summed E-state index contributed by atoms with van der Waals surface area (Å²) in [6.45, 7) is 1.95. The number of hydrogen-bond donors (Lipinski definition) is 1. The Morgan fingerprint density at radius 2 is 0.851 bits per heavy atom. The fourth-order valence-electron chi connectivity index (χ4n) is 11.9. The first-order valence-corrected chi connectivity index (χ1v) is 30.0. The van der Waals surface area contributed by atoms with Crippen molar-refractivity contribution < 1.29 is 106 Å². The summed E-state index contributed by atoms with van der Waals surface area (Å²) in [7, 11) is 2.22. The van der Waals surface area contributed by atoms with Gasteiger partial charge in [0.25, 0.3) is 16.8 Å². The minimum Gasteiger partial charge on any atom is -0.460 e. The van der Waals surface area contributed by atoms with E-state index in [1.165, 1.54) is 60.7 Å². The normalized spacial score (nSPS) is 22.3. The largest absolute Gasteiger partial charge is 0.460 e. The lowest BCUT2D eigenvalue weighted by Gasteiger charge is -2.35. The number of ether oxygens (including phenoxy) is 9. The van der Waals surface area contributed by atoms with Gasteiger partial charge >= 0.3 is 42.4 Å². The van der Waals surface area contributed by atoms with Crippen molar-refractivity contribution in [3.63, 3.8) is 0 Å². The van der Waals surface area contributed by atoms with Crippen molar-refractivity contribution >= 4 is 23.9 Å². The molecular formula is C64H81F9O14. The van der Waals surface area contributed by atoms with Crippen LogP contribution in [-0.4, -0.2) is 118 Å². The maximum atomic E-state index is 15.3. The SMILES string of the molecule is CCCCCC[C@@H](CCC[C@H](OC(=O)[C@](OC)(c1ccccc1)C(F)(F)F)[C@H]1CC[C@H]([C@H]2CC[C@H]([C@@H](CCCCCCCCCCC3=C[C@H](O)OC3=O)OC(=O)[C@](OC)(c3ccccc3)C(F)(F)F)O2)O1)OC(=O)[C@](OC)(c1ccccc1)C(F)(F)F. The van der Waals surface area contributed by atoms with Gasteiger partial charge in [-0.15, -0.1) is 0 Å². The van der Waals surface area contributed by atoms with E-state index in [0.717, 1.165) is 102 Å². The Bertz CT molecular complexity index is 2640. The molecule has 0 aromatic heterocycles. The molecule has 3 aliphatic rings. The van der Waals surface area contributed by atoms with Crippen LogP contribution in [0.5, 0.6) is 0 Å². The Morgan fingerprint density at radius 1 is 0.494 bits per heavy atom. The Labute approximate surface area is 502 Å². The molecule has 11 atom stereocenters. The number of rotatable bonds is 35. The van der Waals surface area contributed by atoms with Crippen LogP contribution in [0.2, 0.25) is 0 Å². The lowest BCUT2D eigenvalue weighted by molar-refractivity contribution is -0.281. The van der Waals surface area contributed by atoms with Crippen molar-refractivity contribution in [3.05, 3.63) is 119 Å². The van der Waals surface area contributed by atoms with Crippen LogP contribution in [0.25, 0.3) is 0 Å². The van der Waals surface area contributed by atoms with Gasteiger partial charge in [0.2, 0.25) is 6.29 Å². The molecule has 14 nitrogen and oxygen atoms in total. The average Bonchev–Trinajstić information content (AvgIpc) is 1.43. The van der Waals surface area contributed by atoms with Gasteiger partial charge in [0.15, 0.2) is 0 Å². The summed E-state index contributed by atoms with van der Waals surface area (Å²) in [5.41, 5.74) is -11.8. The topological polar surface area (TPSA) is 172 Å². The van der Waals surface area contributed by atoms with Gasteiger partial charge in [0.05, 0.1) is 24.4 Å². The predicted molar refractivity (Wildman–Crippen MR) is 298 cm³/mol. The van der Waals surface area contributed by atoms with E-state index >= 15 is 39.5 Å². The van der Waals surface area contributed by atoms with Gasteiger partial charge in [0.1, 0.15) is 18.3 Å². The summed E-state index contributed by atoms with van der Waals surface area (Å²) < 4.78 is 187. The van der Waals surface area contributed by atoms with E-state index in [9.17, 15) is 24.3 Å². The first kappa shape index (κ1) is 70.5. The summed E-state index contributed by atoms with van der Waals surface area (Å²) >= 11 is 0. The number of unbranched alkanes of at least 4 members (excludes halogenated alkanes) is 10. The predicted octanol–water partition coefficient (Wildman–Crippen LogP) is 14.0. The highest BCUT2D eigenvalue weighted by atomic mass is 19.4. The van der Waals surface area contributed by atoms with E-state index in [0.29, 0.717) is 44.8 Å². The Balaban J connectivity index is 1.20. The molecule has 2 saturated heterocycles. The summed E-state index contributed by atoms with van der Waals surface area (Å²) in [6, 6.07) is 18.7. The zero-order chi connectivity index (χ0) is 63.5. The Hall–Kier alpha value is -5.59. The van der Waals surface area contributed by atoms with Gasteiger partial charge in [-0.3, -0.25) is 0 Å². The van der Waals surface area contributed by atoms with Crippen molar-refractivity contribution in [1.82, 2.24) is 0 Å². The molecule has 0 amide bonds. The van der Waals surface area contributed by atoms with E-state index in [4.69, 9.17) is 42.6 Å². The van der Waals surface area contributed by atoms with Crippen LogP contribution >= 0.6 is 0 Å². The van der Waals surface area contributed by atoms with E-state index in [2.05, 4.69) is 0 Å².